The zero-order valence-corrected chi connectivity index (χ0v) is 11.9. The number of aromatic nitrogens is 1. The van der Waals surface area contributed by atoms with Gasteiger partial charge in [0.1, 0.15) is 0 Å². The second-order valence-corrected chi connectivity index (χ2v) is 5.29. The van der Waals surface area contributed by atoms with E-state index in [0.29, 0.717) is 12.1 Å². The second kappa shape index (κ2) is 4.98. The van der Waals surface area contributed by atoms with E-state index in [1.807, 2.05) is 4.57 Å². The molecular formula is C14H14BrNO2. The van der Waals surface area contributed by atoms with Gasteiger partial charge >= 0.3 is 5.97 Å². The number of rotatable bonds is 3. The fourth-order valence-corrected chi connectivity index (χ4v) is 2.55. The van der Waals surface area contributed by atoms with Crippen LogP contribution in [0.3, 0.4) is 0 Å². The van der Waals surface area contributed by atoms with E-state index in [2.05, 4.69) is 48.0 Å². The lowest BCUT2D eigenvalue weighted by atomic mass is 10.1. The maximum Gasteiger partial charge on any atom is 0.337 e. The largest absolute Gasteiger partial charge is 0.478 e. The Kier molecular flexibility index (Phi) is 3.57. The number of hydrogen-bond donors (Lipinski definition) is 1. The third-order valence-electron chi connectivity index (χ3n) is 2.73. The van der Waals surface area contributed by atoms with E-state index in [9.17, 15) is 4.79 Å². The average molecular weight is 308 g/mol. The number of halogens is 1. The van der Waals surface area contributed by atoms with Crippen molar-refractivity contribution >= 4 is 21.9 Å². The summed E-state index contributed by atoms with van der Waals surface area (Å²) in [5.41, 5.74) is 3.89. The number of nitrogens with zero attached hydrogens (tertiary/aromatic N) is 1. The van der Waals surface area contributed by atoms with Gasteiger partial charge in [0.25, 0.3) is 0 Å². The Bertz CT molecular complexity index is 582. The number of hydrogen-bond acceptors (Lipinski definition) is 1. The number of aromatic carboxylic acids is 1. The van der Waals surface area contributed by atoms with E-state index in [-0.39, 0.29) is 0 Å². The minimum Gasteiger partial charge on any atom is -0.478 e. The van der Waals surface area contributed by atoms with Crippen LogP contribution in [-0.4, -0.2) is 15.6 Å². The van der Waals surface area contributed by atoms with Crippen molar-refractivity contribution < 1.29 is 9.90 Å². The maximum atomic E-state index is 10.9. The molecule has 3 nitrogen and oxygen atoms in total. The Morgan fingerprint density at radius 3 is 2.33 bits per heavy atom. The predicted molar refractivity (Wildman–Crippen MR) is 74.1 cm³/mol. The van der Waals surface area contributed by atoms with Crippen molar-refractivity contribution in [3.8, 4) is 0 Å². The fourth-order valence-electron chi connectivity index (χ4n) is 2.07. The van der Waals surface area contributed by atoms with Crippen LogP contribution >= 0.6 is 15.9 Å². The topological polar surface area (TPSA) is 42.2 Å². The Hall–Kier alpha value is -1.55. The van der Waals surface area contributed by atoms with Gasteiger partial charge in [0.05, 0.1) is 10.2 Å². The highest BCUT2D eigenvalue weighted by Gasteiger charge is 2.09. The summed E-state index contributed by atoms with van der Waals surface area (Å²) in [6, 6.07) is 7.96. The molecule has 1 aromatic heterocycles. The summed E-state index contributed by atoms with van der Waals surface area (Å²) in [5.74, 6) is -0.908. The molecule has 4 heteroatoms. The molecule has 0 spiro atoms. The Labute approximate surface area is 114 Å². The highest BCUT2D eigenvalue weighted by atomic mass is 79.9. The third kappa shape index (κ3) is 2.82. The number of aryl methyl sites for hydroxylation is 2. The lowest BCUT2D eigenvalue weighted by Crippen LogP contribution is -2.00. The van der Waals surface area contributed by atoms with Crippen molar-refractivity contribution in [1.29, 1.82) is 0 Å². The fraction of sp³-hybridized carbons (Fsp3) is 0.214. The summed E-state index contributed by atoms with van der Waals surface area (Å²) in [6.45, 7) is 4.78. The third-order valence-corrected chi connectivity index (χ3v) is 3.41. The molecule has 0 unspecified atom stereocenters. The number of carboxylic acids is 1. The number of carbonyl (C=O) groups is 1. The van der Waals surface area contributed by atoms with Gasteiger partial charge in [-0.3, -0.25) is 0 Å². The molecule has 0 amide bonds. The molecule has 1 N–H and O–H groups in total. The van der Waals surface area contributed by atoms with Gasteiger partial charge in [0.2, 0.25) is 0 Å². The molecule has 0 aliphatic rings. The van der Waals surface area contributed by atoms with Crippen molar-refractivity contribution in [2.24, 2.45) is 0 Å². The van der Waals surface area contributed by atoms with Crippen molar-refractivity contribution in [2.45, 2.75) is 20.4 Å². The Balaban J connectivity index is 2.30. The van der Waals surface area contributed by atoms with Crippen LogP contribution in [0, 0.1) is 13.8 Å². The molecule has 0 aliphatic carbocycles. The molecular weight excluding hydrogens is 294 g/mol. The molecule has 18 heavy (non-hydrogen) atoms. The van der Waals surface area contributed by atoms with E-state index in [1.165, 1.54) is 16.7 Å². The molecule has 0 saturated heterocycles. The first-order chi connectivity index (χ1) is 8.45. The summed E-state index contributed by atoms with van der Waals surface area (Å²) >= 11 is 3.38. The molecule has 94 valence electrons. The van der Waals surface area contributed by atoms with Crippen molar-refractivity contribution in [3.05, 3.63) is 57.3 Å². The predicted octanol–water partition coefficient (Wildman–Crippen LogP) is 3.61. The zero-order valence-electron chi connectivity index (χ0n) is 10.3. The summed E-state index contributed by atoms with van der Waals surface area (Å²) in [5, 5.41) is 8.94. The first-order valence-electron chi connectivity index (χ1n) is 5.62. The zero-order chi connectivity index (χ0) is 13.3. The summed E-state index contributed by atoms with van der Waals surface area (Å²) < 4.78 is 2.66. The molecule has 0 saturated carbocycles. The SMILES string of the molecule is Cc1cc(C)cc(Cn2cc(C(=O)O)cc2Br)c1. The van der Waals surface area contributed by atoms with Crippen LogP contribution in [-0.2, 0) is 6.54 Å². The molecule has 0 bridgehead atoms. The molecule has 1 heterocycles. The van der Waals surface area contributed by atoms with Crippen LogP contribution < -0.4 is 0 Å². The van der Waals surface area contributed by atoms with E-state index in [4.69, 9.17) is 5.11 Å². The average Bonchev–Trinajstić information content (AvgIpc) is 2.59. The van der Waals surface area contributed by atoms with E-state index in [1.54, 1.807) is 12.3 Å². The van der Waals surface area contributed by atoms with Crippen LogP contribution in [0.25, 0.3) is 0 Å². The Morgan fingerprint density at radius 2 is 1.83 bits per heavy atom. The Morgan fingerprint density at radius 1 is 1.22 bits per heavy atom. The highest BCUT2D eigenvalue weighted by molar-refractivity contribution is 9.10. The van der Waals surface area contributed by atoms with Gasteiger partial charge in [0, 0.05) is 12.7 Å². The van der Waals surface area contributed by atoms with Gasteiger partial charge in [0.15, 0.2) is 0 Å². The minimum absolute atomic E-state index is 0.297. The minimum atomic E-state index is -0.908. The molecule has 2 aromatic rings. The molecule has 0 fully saturated rings. The molecule has 0 atom stereocenters. The lowest BCUT2D eigenvalue weighted by molar-refractivity contribution is 0.0697. The number of benzene rings is 1. The van der Waals surface area contributed by atoms with Crippen LogP contribution in [0.4, 0.5) is 0 Å². The van der Waals surface area contributed by atoms with Crippen LogP contribution in [0.5, 0.6) is 0 Å². The molecule has 0 aliphatic heterocycles. The van der Waals surface area contributed by atoms with Crippen molar-refractivity contribution in [2.75, 3.05) is 0 Å². The van der Waals surface area contributed by atoms with Crippen LogP contribution in [0.15, 0.2) is 35.1 Å². The lowest BCUT2D eigenvalue weighted by Gasteiger charge is -2.07. The van der Waals surface area contributed by atoms with Crippen molar-refractivity contribution in [1.82, 2.24) is 4.57 Å². The van der Waals surface area contributed by atoms with Gasteiger partial charge in [-0.05, 0) is 41.4 Å². The summed E-state index contributed by atoms with van der Waals surface area (Å²) in [4.78, 5) is 10.9. The number of carboxylic acid groups (broad SMARTS) is 1. The molecule has 2 rings (SSSR count). The highest BCUT2D eigenvalue weighted by Crippen LogP contribution is 2.18. The molecule has 1 aromatic carbocycles. The van der Waals surface area contributed by atoms with Gasteiger partial charge in [-0.15, -0.1) is 0 Å². The van der Waals surface area contributed by atoms with E-state index < -0.39 is 5.97 Å². The smallest absolute Gasteiger partial charge is 0.337 e. The molecule has 0 radical (unpaired) electrons. The van der Waals surface area contributed by atoms with Gasteiger partial charge < -0.3 is 9.67 Å². The monoisotopic (exact) mass is 307 g/mol. The normalized spacial score (nSPS) is 10.6. The maximum absolute atomic E-state index is 10.9. The van der Waals surface area contributed by atoms with Gasteiger partial charge in [-0.1, -0.05) is 29.3 Å². The second-order valence-electron chi connectivity index (χ2n) is 4.48. The van der Waals surface area contributed by atoms with Crippen LogP contribution in [0.2, 0.25) is 0 Å². The van der Waals surface area contributed by atoms with E-state index in [0.717, 1.165) is 4.60 Å². The standard InChI is InChI=1S/C14H14BrNO2/c1-9-3-10(2)5-11(4-9)7-16-8-12(14(17)18)6-13(16)15/h3-6,8H,7H2,1-2H3,(H,17,18). The van der Waals surface area contributed by atoms with Gasteiger partial charge in [-0.25, -0.2) is 4.79 Å². The van der Waals surface area contributed by atoms with Crippen molar-refractivity contribution in [3.63, 3.8) is 0 Å². The van der Waals surface area contributed by atoms with E-state index >= 15 is 0 Å². The quantitative estimate of drug-likeness (QED) is 0.941. The van der Waals surface area contributed by atoms with Gasteiger partial charge in [-0.2, -0.15) is 0 Å². The summed E-state index contributed by atoms with van der Waals surface area (Å²) in [7, 11) is 0. The first kappa shape index (κ1) is 12.9. The summed E-state index contributed by atoms with van der Waals surface area (Å²) in [6.07, 6.45) is 1.64. The first-order valence-corrected chi connectivity index (χ1v) is 6.41. The van der Waals surface area contributed by atoms with Crippen LogP contribution in [0.1, 0.15) is 27.0 Å².